The number of carboxylic acid groups (broad SMARTS) is 1. The highest BCUT2D eigenvalue weighted by molar-refractivity contribution is 5.67. The van der Waals surface area contributed by atoms with Gasteiger partial charge in [-0.15, -0.1) is 0 Å². The van der Waals surface area contributed by atoms with Crippen LogP contribution in [0.25, 0.3) is 0 Å². The molecule has 0 saturated carbocycles. The number of aliphatic hydroxyl groups is 2. The molecule has 0 radical (unpaired) electrons. The molecule has 0 saturated heterocycles. The molecule has 0 aromatic heterocycles. The SMILES string of the molecule is CCc1ccccc1C(O)C(O)CC(=O)O. The number of aliphatic hydroxyl groups excluding tert-OH is 2. The van der Waals surface area contributed by atoms with Crippen LogP contribution in [0.5, 0.6) is 0 Å². The van der Waals surface area contributed by atoms with Gasteiger partial charge in [0.05, 0.1) is 12.5 Å². The van der Waals surface area contributed by atoms with Crippen molar-refractivity contribution in [1.29, 1.82) is 0 Å². The molecule has 0 heterocycles. The quantitative estimate of drug-likeness (QED) is 0.700. The lowest BCUT2D eigenvalue weighted by molar-refractivity contribution is -0.141. The molecule has 0 amide bonds. The Hall–Kier alpha value is -1.39. The van der Waals surface area contributed by atoms with Gasteiger partial charge in [-0.2, -0.15) is 0 Å². The monoisotopic (exact) mass is 224 g/mol. The van der Waals surface area contributed by atoms with Gasteiger partial charge in [0.15, 0.2) is 0 Å². The fraction of sp³-hybridized carbons (Fsp3) is 0.417. The fourth-order valence-corrected chi connectivity index (χ4v) is 1.64. The number of hydrogen-bond donors (Lipinski definition) is 3. The lowest BCUT2D eigenvalue weighted by Gasteiger charge is -2.19. The fourth-order valence-electron chi connectivity index (χ4n) is 1.64. The predicted octanol–water partition coefficient (Wildman–Crippen LogP) is 1.12. The summed E-state index contributed by atoms with van der Waals surface area (Å²) in [6.07, 6.45) is -2.15. The molecule has 1 aromatic carbocycles. The topological polar surface area (TPSA) is 77.8 Å². The van der Waals surface area contributed by atoms with E-state index >= 15 is 0 Å². The number of rotatable bonds is 5. The third-order valence-corrected chi connectivity index (χ3v) is 2.50. The zero-order valence-corrected chi connectivity index (χ0v) is 9.13. The first-order chi connectivity index (χ1) is 7.56. The highest BCUT2D eigenvalue weighted by Crippen LogP contribution is 2.23. The number of aryl methyl sites for hydroxylation is 1. The highest BCUT2D eigenvalue weighted by Gasteiger charge is 2.22. The molecule has 0 fully saturated rings. The predicted molar refractivity (Wildman–Crippen MR) is 59.0 cm³/mol. The van der Waals surface area contributed by atoms with E-state index in [-0.39, 0.29) is 0 Å². The van der Waals surface area contributed by atoms with Crippen molar-refractivity contribution in [3.8, 4) is 0 Å². The van der Waals surface area contributed by atoms with Crippen LogP contribution in [-0.4, -0.2) is 27.4 Å². The highest BCUT2D eigenvalue weighted by atomic mass is 16.4. The van der Waals surface area contributed by atoms with Crippen LogP contribution in [0.15, 0.2) is 24.3 Å². The molecule has 0 aliphatic heterocycles. The van der Waals surface area contributed by atoms with Gasteiger partial charge in [0.1, 0.15) is 6.10 Å². The molecule has 0 spiro atoms. The maximum Gasteiger partial charge on any atom is 0.306 e. The maximum atomic E-state index is 10.4. The minimum Gasteiger partial charge on any atom is -0.481 e. The van der Waals surface area contributed by atoms with Crippen molar-refractivity contribution in [2.24, 2.45) is 0 Å². The van der Waals surface area contributed by atoms with Crippen molar-refractivity contribution < 1.29 is 20.1 Å². The van der Waals surface area contributed by atoms with E-state index < -0.39 is 24.6 Å². The van der Waals surface area contributed by atoms with Crippen LogP contribution in [-0.2, 0) is 11.2 Å². The van der Waals surface area contributed by atoms with Crippen molar-refractivity contribution in [3.05, 3.63) is 35.4 Å². The van der Waals surface area contributed by atoms with Gasteiger partial charge in [-0.05, 0) is 17.5 Å². The zero-order valence-electron chi connectivity index (χ0n) is 9.13. The molecule has 2 unspecified atom stereocenters. The lowest BCUT2D eigenvalue weighted by atomic mass is 9.96. The average Bonchev–Trinajstić information content (AvgIpc) is 2.27. The Morgan fingerprint density at radius 3 is 2.50 bits per heavy atom. The van der Waals surface area contributed by atoms with Gasteiger partial charge in [0.25, 0.3) is 0 Å². The van der Waals surface area contributed by atoms with E-state index in [1.54, 1.807) is 12.1 Å². The average molecular weight is 224 g/mol. The minimum absolute atomic E-state index is 0.459. The summed E-state index contributed by atoms with van der Waals surface area (Å²) < 4.78 is 0. The largest absolute Gasteiger partial charge is 0.481 e. The Morgan fingerprint density at radius 1 is 1.31 bits per heavy atom. The summed E-state index contributed by atoms with van der Waals surface area (Å²) in [5.74, 6) is -1.12. The molecule has 0 aliphatic carbocycles. The number of hydrogen-bond acceptors (Lipinski definition) is 3. The Morgan fingerprint density at radius 2 is 1.94 bits per heavy atom. The van der Waals surface area contributed by atoms with Crippen LogP contribution >= 0.6 is 0 Å². The van der Waals surface area contributed by atoms with Gasteiger partial charge in [-0.25, -0.2) is 0 Å². The molecule has 0 bridgehead atoms. The first kappa shape index (κ1) is 12.7. The van der Waals surface area contributed by atoms with Crippen LogP contribution in [0.3, 0.4) is 0 Å². The summed E-state index contributed by atoms with van der Waals surface area (Å²) in [6, 6.07) is 7.16. The van der Waals surface area contributed by atoms with Crippen LogP contribution in [0.2, 0.25) is 0 Å². The second kappa shape index (κ2) is 5.63. The first-order valence-corrected chi connectivity index (χ1v) is 5.22. The Labute approximate surface area is 94.2 Å². The molecule has 0 aliphatic rings. The van der Waals surface area contributed by atoms with Crippen molar-refractivity contribution >= 4 is 5.97 Å². The third kappa shape index (κ3) is 3.05. The van der Waals surface area contributed by atoms with Gasteiger partial charge in [0, 0.05) is 0 Å². The van der Waals surface area contributed by atoms with E-state index in [4.69, 9.17) is 5.11 Å². The summed E-state index contributed by atoms with van der Waals surface area (Å²) in [5, 5.41) is 27.9. The molecule has 1 aromatic rings. The molecule has 16 heavy (non-hydrogen) atoms. The molecule has 1 rings (SSSR count). The van der Waals surface area contributed by atoms with E-state index in [2.05, 4.69) is 0 Å². The summed E-state index contributed by atoms with van der Waals surface area (Å²) in [7, 11) is 0. The minimum atomic E-state index is -1.27. The third-order valence-electron chi connectivity index (χ3n) is 2.50. The Balaban J connectivity index is 2.86. The Kier molecular flexibility index (Phi) is 4.46. The normalized spacial score (nSPS) is 14.4. The van der Waals surface area contributed by atoms with Crippen LogP contribution in [0.4, 0.5) is 0 Å². The van der Waals surface area contributed by atoms with E-state index in [9.17, 15) is 15.0 Å². The van der Waals surface area contributed by atoms with Crippen molar-refractivity contribution in [1.82, 2.24) is 0 Å². The van der Waals surface area contributed by atoms with Crippen LogP contribution in [0, 0.1) is 0 Å². The van der Waals surface area contributed by atoms with Crippen molar-refractivity contribution in [2.45, 2.75) is 32.0 Å². The standard InChI is InChI=1S/C12H16O4/c1-2-8-5-3-4-6-9(8)12(16)10(13)7-11(14)15/h3-6,10,12-13,16H,2,7H2,1H3,(H,14,15). The number of aliphatic carboxylic acids is 1. The van der Waals surface area contributed by atoms with Gasteiger partial charge >= 0.3 is 5.97 Å². The molecule has 88 valence electrons. The maximum absolute atomic E-state index is 10.4. The molecule has 4 nitrogen and oxygen atoms in total. The van der Waals surface area contributed by atoms with Gasteiger partial charge in [-0.3, -0.25) is 4.79 Å². The zero-order chi connectivity index (χ0) is 12.1. The van der Waals surface area contributed by atoms with Gasteiger partial charge < -0.3 is 15.3 Å². The first-order valence-electron chi connectivity index (χ1n) is 5.22. The molecular formula is C12H16O4. The van der Waals surface area contributed by atoms with Crippen molar-refractivity contribution in [2.75, 3.05) is 0 Å². The lowest BCUT2D eigenvalue weighted by Crippen LogP contribution is -2.22. The van der Waals surface area contributed by atoms with E-state index in [1.807, 2.05) is 19.1 Å². The smallest absolute Gasteiger partial charge is 0.306 e. The summed E-state index contributed by atoms with van der Waals surface area (Å²) in [6.45, 7) is 1.94. The second-order valence-corrected chi connectivity index (χ2v) is 3.66. The van der Waals surface area contributed by atoms with E-state index in [0.717, 1.165) is 12.0 Å². The molecule has 4 heteroatoms. The second-order valence-electron chi connectivity index (χ2n) is 3.66. The van der Waals surface area contributed by atoms with Crippen LogP contribution in [0.1, 0.15) is 30.6 Å². The molecular weight excluding hydrogens is 208 g/mol. The summed E-state index contributed by atoms with van der Waals surface area (Å²) >= 11 is 0. The van der Waals surface area contributed by atoms with Gasteiger partial charge in [-0.1, -0.05) is 31.2 Å². The summed E-state index contributed by atoms with van der Waals surface area (Å²) in [4.78, 5) is 10.4. The van der Waals surface area contributed by atoms with E-state index in [0.29, 0.717) is 5.56 Å². The number of carboxylic acids is 1. The molecule has 3 N–H and O–H groups in total. The Bertz CT molecular complexity index is 362. The van der Waals surface area contributed by atoms with E-state index in [1.165, 1.54) is 0 Å². The molecule has 2 atom stereocenters. The van der Waals surface area contributed by atoms with Gasteiger partial charge in [0.2, 0.25) is 0 Å². The van der Waals surface area contributed by atoms with Crippen molar-refractivity contribution in [3.63, 3.8) is 0 Å². The summed E-state index contributed by atoms with van der Waals surface area (Å²) in [5.41, 5.74) is 1.51. The van der Waals surface area contributed by atoms with Crippen LogP contribution < -0.4 is 0 Å². The number of benzene rings is 1. The number of carbonyl (C=O) groups is 1.